The molecule has 1 aromatic heterocycles. The molecule has 2 heterocycles. The van der Waals surface area contributed by atoms with Gasteiger partial charge in [-0.15, -0.1) is 0 Å². The van der Waals surface area contributed by atoms with E-state index in [9.17, 15) is 4.79 Å². The molecule has 5 rings (SSSR count). The second-order valence-electron chi connectivity index (χ2n) is 9.58. The van der Waals surface area contributed by atoms with Crippen molar-refractivity contribution in [2.75, 3.05) is 44.2 Å². The van der Waals surface area contributed by atoms with Crippen LogP contribution in [-0.2, 0) is 4.79 Å². The molecule has 0 spiro atoms. The molecule has 5 nitrogen and oxygen atoms in total. The summed E-state index contributed by atoms with van der Waals surface area (Å²) in [5.74, 6) is 2.40. The van der Waals surface area contributed by atoms with E-state index in [0.29, 0.717) is 11.8 Å². The largest absolute Gasteiger partial charge is 0.353 e. The molecule has 178 valence electrons. The van der Waals surface area contributed by atoms with Gasteiger partial charge in [0, 0.05) is 50.7 Å². The van der Waals surface area contributed by atoms with E-state index in [0.717, 1.165) is 50.6 Å². The molecule has 1 saturated carbocycles. The normalized spacial score (nSPS) is 21.8. The van der Waals surface area contributed by atoms with Crippen LogP contribution in [0.4, 0.5) is 5.82 Å². The highest BCUT2D eigenvalue weighted by atomic mass is 32.1. The molecule has 1 aliphatic heterocycles. The molecule has 2 aliphatic rings. The number of aromatic nitrogens is 1. The molecular weight excluding hydrogens is 440 g/mol. The lowest BCUT2D eigenvalue weighted by atomic mass is 9.78. The third kappa shape index (κ3) is 5.68. The van der Waals surface area contributed by atoms with E-state index in [-0.39, 0.29) is 5.91 Å². The van der Waals surface area contributed by atoms with Crippen molar-refractivity contribution in [2.45, 2.75) is 25.7 Å². The van der Waals surface area contributed by atoms with Gasteiger partial charge in [-0.1, -0.05) is 55.3 Å². The average molecular weight is 475 g/mol. The van der Waals surface area contributed by atoms with Gasteiger partial charge < -0.3 is 10.2 Å². The standard InChI is InChI=1S/C28H34N4OS/c33-27(15-14-22-8-2-1-3-9-22)29-20-23-10-4-5-11-24(23)21-31-16-18-32(19-17-31)28-25-12-6-7-13-26(25)34-30-28/h1-3,6-9,12-15,23-24H,4-5,10-11,16-21H2,(H,29,33)/t23-,24-/m1/s1. The number of amides is 1. The number of rotatable bonds is 7. The maximum absolute atomic E-state index is 12.4. The Labute approximate surface area is 206 Å². The predicted octanol–water partition coefficient (Wildman–Crippen LogP) is 5.05. The third-order valence-electron chi connectivity index (χ3n) is 7.35. The number of carbonyl (C=O) groups excluding carboxylic acids is 1. The Balaban J connectivity index is 1.11. The zero-order valence-electron chi connectivity index (χ0n) is 19.7. The quantitative estimate of drug-likeness (QED) is 0.487. The molecule has 2 fully saturated rings. The van der Waals surface area contributed by atoms with E-state index in [2.05, 4.69) is 39.4 Å². The van der Waals surface area contributed by atoms with Gasteiger partial charge in [0.25, 0.3) is 0 Å². The van der Waals surface area contributed by atoms with E-state index < -0.39 is 0 Å². The van der Waals surface area contributed by atoms with Crippen LogP contribution in [0.25, 0.3) is 16.2 Å². The minimum absolute atomic E-state index is 0.0114. The van der Waals surface area contributed by atoms with Crippen LogP contribution in [0.2, 0.25) is 0 Å². The van der Waals surface area contributed by atoms with E-state index in [1.165, 1.54) is 35.8 Å². The number of piperazine rings is 1. The van der Waals surface area contributed by atoms with Crippen LogP contribution in [-0.4, -0.2) is 54.4 Å². The first-order chi connectivity index (χ1) is 16.8. The van der Waals surface area contributed by atoms with Gasteiger partial charge in [-0.2, -0.15) is 4.37 Å². The van der Waals surface area contributed by atoms with Crippen molar-refractivity contribution in [3.05, 3.63) is 66.2 Å². The molecule has 1 amide bonds. The molecule has 2 aromatic carbocycles. The molecule has 3 aromatic rings. The number of hydrogen-bond donors (Lipinski definition) is 1. The van der Waals surface area contributed by atoms with Gasteiger partial charge in [0.2, 0.25) is 5.91 Å². The molecule has 2 atom stereocenters. The van der Waals surface area contributed by atoms with Gasteiger partial charge in [-0.25, -0.2) is 0 Å². The third-order valence-corrected chi connectivity index (χ3v) is 8.17. The SMILES string of the molecule is O=C(C=Cc1ccccc1)NC[C@H]1CCCC[C@@H]1CN1CCN(c2nsc3ccccc23)CC1. The molecular formula is C28H34N4OS. The lowest BCUT2D eigenvalue weighted by molar-refractivity contribution is -0.116. The maximum atomic E-state index is 12.4. The number of carbonyl (C=O) groups is 1. The summed E-state index contributed by atoms with van der Waals surface area (Å²) in [6, 6.07) is 18.5. The van der Waals surface area contributed by atoms with Crippen molar-refractivity contribution >= 4 is 39.4 Å². The molecule has 0 unspecified atom stereocenters. The second-order valence-corrected chi connectivity index (χ2v) is 10.4. The summed E-state index contributed by atoms with van der Waals surface area (Å²) in [7, 11) is 0. The summed E-state index contributed by atoms with van der Waals surface area (Å²) in [4.78, 5) is 17.5. The Morgan fingerprint density at radius 1 is 0.971 bits per heavy atom. The van der Waals surface area contributed by atoms with Crippen LogP contribution in [0, 0.1) is 11.8 Å². The summed E-state index contributed by atoms with van der Waals surface area (Å²) in [5.41, 5.74) is 1.05. The van der Waals surface area contributed by atoms with Crippen molar-refractivity contribution in [3.63, 3.8) is 0 Å². The Morgan fingerprint density at radius 2 is 1.71 bits per heavy atom. The van der Waals surface area contributed by atoms with E-state index in [1.54, 1.807) is 17.6 Å². The zero-order valence-corrected chi connectivity index (χ0v) is 20.6. The van der Waals surface area contributed by atoms with Crippen molar-refractivity contribution < 1.29 is 4.79 Å². The van der Waals surface area contributed by atoms with Gasteiger partial charge in [0.15, 0.2) is 0 Å². The summed E-state index contributed by atoms with van der Waals surface area (Å²) in [6.45, 7) is 6.17. The lowest BCUT2D eigenvalue weighted by Gasteiger charge is -2.40. The summed E-state index contributed by atoms with van der Waals surface area (Å²) < 4.78 is 6.02. The molecule has 34 heavy (non-hydrogen) atoms. The Hall–Kier alpha value is -2.70. The van der Waals surface area contributed by atoms with Gasteiger partial charge in [0.05, 0.1) is 4.70 Å². The number of anilines is 1. The highest BCUT2D eigenvalue weighted by molar-refractivity contribution is 7.13. The summed E-state index contributed by atoms with van der Waals surface area (Å²) in [5, 5.41) is 4.46. The fourth-order valence-electron chi connectivity index (χ4n) is 5.39. The first-order valence-electron chi connectivity index (χ1n) is 12.6. The van der Waals surface area contributed by atoms with Gasteiger partial charge >= 0.3 is 0 Å². The Bertz CT molecular complexity index is 1100. The minimum Gasteiger partial charge on any atom is -0.353 e. The fourth-order valence-corrected chi connectivity index (χ4v) is 6.19. The number of hydrogen-bond acceptors (Lipinski definition) is 5. The van der Waals surface area contributed by atoms with Crippen molar-refractivity contribution in [2.24, 2.45) is 11.8 Å². The van der Waals surface area contributed by atoms with Gasteiger partial charge in [0.1, 0.15) is 5.82 Å². The minimum atomic E-state index is 0.0114. The topological polar surface area (TPSA) is 48.5 Å². The number of fused-ring (bicyclic) bond motifs is 1. The van der Waals surface area contributed by atoms with Crippen molar-refractivity contribution in [1.29, 1.82) is 0 Å². The van der Waals surface area contributed by atoms with E-state index in [1.807, 2.05) is 36.4 Å². The maximum Gasteiger partial charge on any atom is 0.244 e. The highest BCUT2D eigenvalue weighted by Gasteiger charge is 2.29. The molecule has 6 heteroatoms. The Kier molecular flexibility index (Phi) is 7.56. The molecule has 1 saturated heterocycles. The number of benzene rings is 2. The lowest BCUT2D eigenvalue weighted by Crippen LogP contribution is -2.49. The van der Waals surface area contributed by atoms with Crippen LogP contribution in [0.3, 0.4) is 0 Å². The fraction of sp³-hybridized carbons (Fsp3) is 0.429. The van der Waals surface area contributed by atoms with Crippen LogP contribution in [0.1, 0.15) is 31.2 Å². The molecule has 1 N–H and O–H groups in total. The first-order valence-corrected chi connectivity index (χ1v) is 13.4. The predicted molar refractivity (Wildman–Crippen MR) is 142 cm³/mol. The van der Waals surface area contributed by atoms with Crippen molar-refractivity contribution in [3.8, 4) is 0 Å². The van der Waals surface area contributed by atoms with Crippen LogP contribution in [0.15, 0.2) is 60.7 Å². The summed E-state index contributed by atoms with van der Waals surface area (Å²) in [6.07, 6.45) is 8.64. The van der Waals surface area contributed by atoms with Gasteiger partial charge in [-0.05, 0) is 60.0 Å². The zero-order chi connectivity index (χ0) is 23.2. The second kappa shape index (κ2) is 11.2. The van der Waals surface area contributed by atoms with Crippen LogP contribution < -0.4 is 10.2 Å². The Morgan fingerprint density at radius 3 is 2.53 bits per heavy atom. The number of nitrogens with one attached hydrogen (secondary N) is 1. The smallest absolute Gasteiger partial charge is 0.244 e. The summed E-state index contributed by atoms with van der Waals surface area (Å²) >= 11 is 1.60. The van der Waals surface area contributed by atoms with Crippen molar-refractivity contribution in [1.82, 2.24) is 14.6 Å². The molecule has 1 aliphatic carbocycles. The van der Waals surface area contributed by atoms with E-state index >= 15 is 0 Å². The molecule has 0 bridgehead atoms. The molecule has 0 radical (unpaired) electrons. The first kappa shape index (κ1) is 23.1. The van der Waals surface area contributed by atoms with Crippen LogP contribution >= 0.6 is 11.5 Å². The van der Waals surface area contributed by atoms with Crippen LogP contribution in [0.5, 0.6) is 0 Å². The van der Waals surface area contributed by atoms with Gasteiger partial charge in [-0.3, -0.25) is 9.69 Å². The average Bonchev–Trinajstić information content (AvgIpc) is 3.32. The monoisotopic (exact) mass is 474 g/mol. The number of nitrogens with zero attached hydrogens (tertiary/aromatic N) is 3. The van der Waals surface area contributed by atoms with E-state index in [4.69, 9.17) is 4.37 Å². The highest BCUT2D eigenvalue weighted by Crippen LogP contribution is 2.32.